The minimum absolute atomic E-state index is 0.118. The second-order valence-electron chi connectivity index (χ2n) is 3.45. The lowest BCUT2D eigenvalue weighted by molar-refractivity contribution is 0.180. The topological polar surface area (TPSA) is 20.2 Å². The van der Waals surface area contributed by atoms with E-state index in [1.165, 1.54) is 32.1 Å². The zero-order chi connectivity index (χ0) is 9.23. The summed E-state index contributed by atoms with van der Waals surface area (Å²) in [5.74, 6) is 0.799. The summed E-state index contributed by atoms with van der Waals surface area (Å²) in [7, 11) is 0. The predicted octanol–water partition coefficient (Wildman–Crippen LogP) is 3.34. The Balaban J connectivity index is 2.82. The average molecular weight is 193 g/mol. The molecule has 0 radical (unpaired) electrons. The van der Waals surface area contributed by atoms with Gasteiger partial charge in [-0.3, -0.25) is 0 Å². The van der Waals surface area contributed by atoms with E-state index in [0.717, 1.165) is 18.7 Å². The Kier molecular flexibility index (Phi) is 9.53. The lowest BCUT2D eigenvalue weighted by Gasteiger charge is -2.03. The molecule has 0 fully saturated rings. The third-order valence-corrected chi connectivity index (χ3v) is 2.27. The maximum absolute atomic E-state index is 8.98. The fraction of sp³-hybridized carbons (Fsp3) is 1.00. The summed E-state index contributed by atoms with van der Waals surface area (Å²) in [5, 5.41) is 8.98. The first-order valence-electron chi connectivity index (χ1n) is 5.01. The molecule has 0 aliphatic rings. The minimum Gasteiger partial charge on any atom is -0.393 e. The molecular formula is C10H21ClO. The average Bonchev–Trinajstić information content (AvgIpc) is 2.02. The van der Waals surface area contributed by atoms with Gasteiger partial charge in [0.2, 0.25) is 0 Å². The summed E-state index contributed by atoms with van der Waals surface area (Å²) < 4.78 is 0. The van der Waals surface area contributed by atoms with Crippen molar-refractivity contribution in [2.75, 3.05) is 5.88 Å². The summed E-state index contributed by atoms with van der Waals surface area (Å²) in [6, 6.07) is 0. The van der Waals surface area contributed by atoms with Gasteiger partial charge in [-0.05, 0) is 19.8 Å². The molecule has 0 aromatic heterocycles. The number of rotatable bonds is 8. The van der Waals surface area contributed by atoms with Gasteiger partial charge in [-0.25, -0.2) is 0 Å². The second-order valence-corrected chi connectivity index (χ2v) is 3.83. The fourth-order valence-corrected chi connectivity index (χ4v) is 1.43. The molecule has 12 heavy (non-hydrogen) atoms. The van der Waals surface area contributed by atoms with Gasteiger partial charge in [-0.2, -0.15) is 0 Å². The number of unbranched alkanes of at least 4 members (excludes halogenated alkanes) is 5. The van der Waals surface area contributed by atoms with Crippen molar-refractivity contribution in [1.82, 2.24) is 0 Å². The molecule has 0 bridgehead atoms. The van der Waals surface area contributed by atoms with E-state index < -0.39 is 0 Å². The molecule has 0 heterocycles. The molecule has 1 unspecified atom stereocenters. The maximum Gasteiger partial charge on any atom is 0.0512 e. The Labute approximate surface area is 81.1 Å². The van der Waals surface area contributed by atoms with Gasteiger partial charge in [0.15, 0.2) is 0 Å². The molecule has 1 atom stereocenters. The van der Waals surface area contributed by atoms with Gasteiger partial charge in [-0.15, -0.1) is 11.6 Å². The lowest BCUT2D eigenvalue weighted by Crippen LogP contribution is -1.98. The van der Waals surface area contributed by atoms with Crippen LogP contribution in [0.3, 0.4) is 0 Å². The van der Waals surface area contributed by atoms with Crippen molar-refractivity contribution in [2.24, 2.45) is 0 Å². The van der Waals surface area contributed by atoms with Crippen LogP contribution in [0.5, 0.6) is 0 Å². The van der Waals surface area contributed by atoms with Crippen LogP contribution in [0.4, 0.5) is 0 Å². The van der Waals surface area contributed by atoms with Gasteiger partial charge < -0.3 is 5.11 Å². The molecular weight excluding hydrogens is 172 g/mol. The first-order chi connectivity index (χ1) is 5.77. The predicted molar refractivity (Wildman–Crippen MR) is 54.7 cm³/mol. The van der Waals surface area contributed by atoms with Crippen LogP contribution in [0.25, 0.3) is 0 Å². The number of hydrogen-bond donors (Lipinski definition) is 1. The van der Waals surface area contributed by atoms with Crippen molar-refractivity contribution in [3.05, 3.63) is 0 Å². The van der Waals surface area contributed by atoms with Crippen LogP contribution in [0.15, 0.2) is 0 Å². The molecule has 0 spiro atoms. The van der Waals surface area contributed by atoms with Crippen molar-refractivity contribution >= 4 is 11.6 Å². The highest BCUT2D eigenvalue weighted by molar-refractivity contribution is 6.17. The number of aliphatic hydroxyl groups excluding tert-OH is 1. The van der Waals surface area contributed by atoms with Gasteiger partial charge in [0, 0.05) is 5.88 Å². The molecule has 0 aromatic carbocycles. The van der Waals surface area contributed by atoms with E-state index in [-0.39, 0.29) is 6.10 Å². The molecule has 0 aromatic rings. The highest BCUT2D eigenvalue weighted by Gasteiger charge is 1.95. The van der Waals surface area contributed by atoms with E-state index >= 15 is 0 Å². The van der Waals surface area contributed by atoms with E-state index in [0.29, 0.717) is 0 Å². The van der Waals surface area contributed by atoms with Gasteiger partial charge in [0.1, 0.15) is 0 Å². The zero-order valence-corrected chi connectivity index (χ0v) is 8.82. The van der Waals surface area contributed by atoms with Crippen molar-refractivity contribution in [3.8, 4) is 0 Å². The van der Waals surface area contributed by atoms with Crippen LogP contribution in [-0.2, 0) is 0 Å². The minimum atomic E-state index is -0.118. The molecule has 74 valence electrons. The highest BCUT2D eigenvalue weighted by atomic mass is 35.5. The van der Waals surface area contributed by atoms with Crippen molar-refractivity contribution in [3.63, 3.8) is 0 Å². The third-order valence-electron chi connectivity index (χ3n) is 2.01. The van der Waals surface area contributed by atoms with Crippen molar-refractivity contribution in [1.29, 1.82) is 0 Å². The Hall–Kier alpha value is 0.250. The van der Waals surface area contributed by atoms with E-state index in [1.807, 2.05) is 6.92 Å². The number of aliphatic hydroxyl groups is 1. The largest absolute Gasteiger partial charge is 0.393 e. The summed E-state index contributed by atoms with van der Waals surface area (Å²) in [4.78, 5) is 0. The summed E-state index contributed by atoms with van der Waals surface area (Å²) in [6.07, 6.45) is 8.26. The van der Waals surface area contributed by atoms with Crippen LogP contribution in [0.2, 0.25) is 0 Å². The second kappa shape index (κ2) is 9.34. The van der Waals surface area contributed by atoms with Crippen LogP contribution < -0.4 is 0 Å². The monoisotopic (exact) mass is 192 g/mol. The van der Waals surface area contributed by atoms with Crippen LogP contribution >= 0.6 is 11.6 Å². The molecule has 0 saturated carbocycles. The summed E-state index contributed by atoms with van der Waals surface area (Å²) >= 11 is 5.55. The van der Waals surface area contributed by atoms with E-state index in [1.54, 1.807) is 0 Å². The molecule has 1 nitrogen and oxygen atoms in total. The van der Waals surface area contributed by atoms with Gasteiger partial charge >= 0.3 is 0 Å². The Bertz CT molecular complexity index is 83.9. The molecule has 2 heteroatoms. The number of halogens is 1. The first kappa shape index (κ1) is 12.2. The third kappa shape index (κ3) is 10.2. The molecule has 0 aliphatic heterocycles. The number of alkyl halides is 1. The van der Waals surface area contributed by atoms with E-state index in [4.69, 9.17) is 16.7 Å². The Morgan fingerprint density at radius 3 is 2.00 bits per heavy atom. The van der Waals surface area contributed by atoms with E-state index in [2.05, 4.69) is 0 Å². The van der Waals surface area contributed by atoms with Gasteiger partial charge in [0.25, 0.3) is 0 Å². The quantitative estimate of drug-likeness (QED) is 0.462. The molecule has 1 N–H and O–H groups in total. The molecule has 0 aliphatic carbocycles. The van der Waals surface area contributed by atoms with Gasteiger partial charge in [0.05, 0.1) is 6.10 Å². The van der Waals surface area contributed by atoms with Crippen molar-refractivity contribution < 1.29 is 5.11 Å². The molecule has 0 amide bonds. The Morgan fingerprint density at radius 1 is 1.00 bits per heavy atom. The van der Waals surface area contributed by atoms with Crippen LogP contribution in [-0.4, -0.2) is 17.1 Å². The zero-order valence-electron chi connectivity index (χ0n) is 8.06. The van der Waals surface area contributed by atoms with Gasteiger partial charge in [-0.1, -0.05) is 32.1 Å². The molecule has 0 rings (SSSR count). The highest BCUT2D eigenvalue weighted by Crippen LogP contribution is 2.08. The Morgan fingerprint density at radius 2 is 1.50 bits per heavy atom. The fourth-order valence-electron chi connectivity index (χ4n) is 1.24. The van der Waals surface area contributed by atoms with Crippen LogP contribution in [0.1, 0.15) is 51.9 Å². The number of hydrogen-bond acceptors (Lipinski definition) is 1. The first-order valence-corrected chi connectivity index (χ1v) is 5.55. The summed E-state index contributed by atoms with van der Waals surface area (Å²) in [6.45, 7) is 1.85. The molecule has 0 saturated heterocycles. The normalized spacial score (nSPS) is 13.2. The standard InChI is InChI=1S/C10H21ClO/c1-10(12)8-6-4-2-3-5-7-9-11/h10,12H,2-9H2,1H3. The maximum atomic E-state index is 8.98. The van der Waals surface area contributed by atoms with Crippen LogP contribution in [0, 0.1) is 0 Å². The van der Waals surface area contributed by atoms with E-state index in [9.17, 15) is 0 Å². The summed E-state index contributed by atoms with van der Waals surface area (Å²) in [5.41, 5.74) is 0. The SMILES string of the molecule is CC(O)CCCCCCCCCl. The smallest absolute Gasteiger partial charge is 0.0512 e. The lowest BCUT2D eigenvalue weighted by atomic mass is 10.1. The van der Waals surface area contributed by atoms with Crippen molar-refractivity contribution in [2.45, 2.75) is 58.0 Å².